The average molecular weight is 467 g/mol. The lowest BCUT2D eigenvalue weighted by molar-refractivity contribution is 0.0939. The number of hydrogen-bond acceptors (Lipinski definition) is 5. The highest BCUT2D eigenvalue weighted by atomic mass is 35.5. The van der Waals surface area contributed by atoms with Crippen LogP contribution in [0.3, 0.4) is 0 Å². The molecule has 1 aromatic carbocycles. The van der Waals surface area contributed by atoms with E-state index in [1.807, 2.05) is 19.9 Å². The van der Waals surface area contributed by atoms with Crippen LogP contribution in [0.25, 0.3) is 0 Å². The van der Waals surface area contributed by atoms with Crippen molar-refractivity contribution in [2.75, 3.05) is 5.32 Å². The van der Waals surface area contributed by atoms with Gasteiger partial charge in [-0.3, -0.25) is 19.0 Å². The van der Waals surface area contributed by atoms with Crippen molar-refractivity contribution in [2.45, 2.75) is 26.9 Å². The molecule has 33 heavy (non-hydrogen) atoms. The smallest absolute Gasteiger partial charge is 0.272 e. The molecule has 0 atom stereocenters. The van der Waals surface area contributed by atoms with E-state index in [4.69, 9.17) is 16.0 Å². The third-order valence-electron chi connectivity index (χ3n) is 5.22. The first kappa shape index (κ1) is 22.3. The Bertz CT molecular complexity index is 1310. The molecule has 170 valence electrons. The molecule has 4 aromatic rings. The predicted octanol–water partition coefficient (Wildman–Crippen LogP) is 3.71. The summed E-state index contributed by atoms with van der Waals surface area (Å²) in [6.45, 7) is 4.46. The second-order valence-electron chi connectivity index (χ2n) is 7.59. The van der Waals surface area contributed by atoms with E-state index in [1.165, 1.54) is 17.1 Å². The van der Waals surface area contributed by atoms with Crippen LogP contribution < -0.4 is 10.6 Å². The summed E-state index contributed by atoms with van der Waals surface area (Å²) in [6, 6.07) is 10.7. The van der Waals surface area contributed by atoms with E-state index < -0.39 is 0 Å². The van der Waals surface area contributed by atoms with Gasteiger partial charge in [-0.1, -0.05) is 23.7 Å². The molecule has 0 spiro atoms. The second-order valence-corrected chi connectivity index (χ2v) is 7.97. The Labute approximate surface area is 195 Å². The molecule has 0 fully saturated rings. The zero-order valence-corrected chi connectivity index (χ0v) is 19.2. The molecule has 10 heteroatoms. The third-order valence-corrected chi connectivity index (χ3v) is 5.77. The number of benzene rings is 1. The highest BCUT2D eigenvalue weighted by molar-refractivity contribution is 6.31. The van der Waals surface area contributed by atoms with Crippen LogP contribution in [-0.2, 0) is 20.1 Å². The number of nitrogens with zero attached hydrogens (tertiary/aromatic N) is 4. The van der Waals surface area contributed by atoms with E-state index in [-0.39, 0.29) is 24.1 Å². The van der Waals surface area contributed by atoms with E-state index in [2.05, 4.69) is 20.8 Å². The van der Waals surface area contributed by atoms with Gasteiger partial charge in [-0.15, -0.1) is 0 Å². The normalized spacial score (nSPS) is 10.9. The third kappa shape index (κ3) is 4.83. The van der Waals surface area contributed by atoms with Gasteiger partial charge >= 0.3 is 0 Å². The molecular weight excluding hydrogens is 444 g/mol. The van der Waals surface area contributed by atoms with Crippen molar-refractivity contribution in [3.05, 3.63) is 87.8 Å². The van der Waals surface area contributed by atoms with Crippen LogP contribution >= 0.6 is 11.6 Å². The van der Waals surface area contributed by atoms with Gasteiger partial charge in [0.25, 0.3) is 11.8 Å². The first-order chi connectivity index (χ1) is 15.8. The van der Waals surface area contributed by atoms with E-state index in [9.17, 15) is 9.59 Å². The molecule has 0 unspecified atom stereocenters. The fraction of sp³-hybridized carbons (Fsp3) is 0.217. The Morgan fingerprint density at radius 2 is 1.97 bits per heavy atom. The minimum atomic E-state index is -0.378. The van der Waals surface area contributed by atoms with Crippen LogP contribution in [0.15, 0.2) is 53.3 Å². The number of amides is 2. The molecule has 0 aliphatic heterocycles. The maximum atomic E-state index is 12.9. The molecule has 0 radical (unpaired) electrons. The average Bonchev–Trinajstić information content (AvgIpc) is 3.50. The molecule has 0 saturated heterocycles. The molecule has 0 bridgehead atoms. The van der Waals surface area contributed by atoms with E-state index in [0.717, 1.165) is 17.0 Å². The summed E-state index contributed by atoms with van der Waals surface area (Å²) < 4.78 is 8.45. The largest absolute Gasteiger partial charge is 0.467 e. The van der Waals surface area contributed by atoms with E-state index in [1.54, 1.807) is 42.1 Å². The fourth-order valence-electron chi connectivity index (χ4n) is 3.47. The van der Waals surface area contributed by atoms with Crippen LogP contribution in [0.2, 0.25) is 5.02 Å². The van der Waals surface area contributed by atoms with Crippen molar-refractivity contribution < 1.29 is 14.0 Å². The first-order valence-corrected chi connectivity index (χ1v) is 10.6. The van der Waals surface area contributed by atoms with Crippen molar-refractivity contribution in [2.24, 2.45) is 7.05 Å². The van der Waals surface area contributed by atoms with Gasteiger partial charge in [0.2, 0.25) is 0 Å². The Morgan fingerprint density at radius 1 is 1.15 bits per heavy atom. The molecule has 9 nitrogen and oxygen atoms in total. The lowest BCUT2D eigenvalue weighted by atomic mass is 10.1. The van der Waals surface area contributed by atoms with Crippen molar-refractivity contribution in [3.8, 4) is 0 Å². The van der Waals surface area contributed by atoms with Crippen molar-refractivity contribution in [3.63, 3.8) is 0 Å². The van der Waals surface area contributed by atoms with Gasteiger partial charge in [-0.2, -0.15) is 10.2 Å². The Hall–Kier alpha value is -3.85. The highest BCUT2D eigenvalue weighted by Gasteiger charge is 2.20. The summed E-state index contributed by atoms with van der Waals surface area (Å²) in [5.74, 6) is -0.106. The molecule has 0 aliphatic rings. The van der Waals surface area contributed by atoms with Gasteiger partial charge in [-0.05, 0) is 43.7 Å². The number of hydrogen-bond donors (Lipinski definition) is 2. The minimum absolute atomic E-state index is 0.225. The van der Waals surface area contributed by atoms with Gasteiger partial charge in [0.05, 0.1) is 47.6 Å². The summed E-state index contributed by atoms with van der Waals surface area (Å²) >= 11 is 6.24. The Morgan fingerprint density at radius 3 is 2.67 bits per heavy atom. The molecule has 4 rings (SSSR count). The Kier molecular flexibility index (Phi) is 6.32. The number of aryl methyl sites for hydroxylation is 2. The maximum absolute atomic E-state index is 12.9. The monoisotopic (exact) mass is 466 g/mol. The number of furan rings is 1. The number of carbonyl (C=O) groups excluding carboxylic acids is 2. The number of carbonyl (C=O) groups is 2. The van der Waals surface area contributed by atoms with Crippen LogP contribution in [0.5, 0.6) is 0 Å². The number of aromatic nitrogens is 4. The summed E-state index contributed by atoms with van der Waals surface area (Å²) in [5, 5.41) is 14.7. The van der Waals surface area contributed by atoms with Crippen LogP contribution in [0, 0.1) is 13.8 Å². The summed E-state index contributed by atoms with van der Waals surface area (Å²) in [5.41, 5.74) is 3.53. The van der Waals surface area contributed by atoms with Gasteiger partial charge in [0.1, 0.15) is 11.5 Å². The van der Waals surface area contributed by atoms with Crippen LogP contribution in [0.1, 0.15) is 43.6 Å². The molecule has 2 N–H and O–H groups in total. The van der Waals surface area contributed by atoms with Gasteiger partial charge in [0.15, 0.2) is 0 Å². The van der Waals surface area contributed by atoms with Crippen LogP contribution in [-0.4, -0.2) is 31.4 Å². The molecule has 0 aliphatic carbocycles. The number of rotatable bonds is 7. The van der Waals surface area contributed by atoms with E-state index >= 15 is 0 Å². The zero-order valence-electron chi connectivity index (χ0n) is 18.4. The molecular formula is C23H23ClN6O3. The number of halogens is 1. The standard InChI is InChI=1S/C23H23ClN6O3/c1-14-20(24)15(2)30(28-14)13-16-6-4-7-17(10-16)22(31)27-19-12-26-29(3)21(19)23(32)25-11-18-8-5-9-33-18/h4-10,12H,11,13H2,1-3H3,(H,25,32)(H,27,31). The van der Waals surface area contributed by atoms with Crippen molar-refractivity contribution in [1.29, 1.82) is 0 Å². The lowest BCUT2D eigenvalue weighted by Gasteiger charge is -2.10. The molecule has 3 heterocycles. The van der Waals surface area contributed by atoms with Gasteiger partial charge in [-0.25, -0.2) is 0 Å². The Balaban J connectivity index is 1.48. The lowest BCUT2D eigenvalue weighted by Crippen LogP contribution is -2.26. The molecule has 2 amide bonds. The quantitative estimate of drug-likeness (QED) is 0.431. The SMILES string of the molecule is Cc1nn(Cc2cccc(C(=O)Nc3cnn(C)c3C(=O)NCc3ccco3)c2)c(C)c1Cl. The topological polar surface area (TPSA) is 107 Å². The van der Waals surface area contributed by atoms with E-state index in [0.29, 0.717) is 28.6 Å². The molecule has 3 aromatic heterocycles. The summed E-state index contributed by atoms with van der Waals surface area (Å²) in [4.78, 5) is 25.6. The van der Waals surface area contributed by atoms with Crippen LogP contribution in [0.4, 0.5) is 5.69 Å². The zero-order chi connectivity index (χ0) is 23.5. The number of anilines is 1. The first-order valence-electron chi connectivity index (χ1n) is 10.3. The number of nitrogens with one attached hydrogen (secondary N) is 2. The maximum Gasteiger partial charge on any atom is 0.272 e. The highest BCUT2D eigenvalue weighted by Crippen LogP contribution is 2.21. The van der Waals surface area contributed by atoms with Crippen molar-refractivity contribution >= 4 is 29.1 Å². The van der Waals surface area contributed by atoms with Crippen molar-refractivity contribution in [1.82, 2.24) is 24.9 Å². The fourth-order valence-corrected chi connectivity index (χ4v) is 3.61. The predicted molar refractivity (Wildman–Crippen MR) is 123 cm³/mol. The summed E-state index contributed by atoms with van der Waals surface area (Å²) in [6.07, 6.45) is 2.98. The summed E-state index contributed by atoms with van der Waals surface area (Å²) in [7, 11) is 1.64. The minimum Gasteiger partial charge on any atom is -0.467 e. The second kappa shape index (κ2) is 9.33. The molecule has 0 saturated carbocycles. The van der Waals surface area contributed by atoms with Gasteiger partial charge in [0, 0.05) is 12.6 Å². The van der Waals surface area contributed by atoms with Gasteiger partial charge < -0.3 is 15.1 Å².